The van der Waals surface area contributed by atoms with E-state index in [-0.39, 0.29) is 5.82 Å². The average molecular weight is 348 g/mol. The van der Waals surface area contributed by atoms with Crippen LogP contribution in [0.1, 0.15) is 34.9 Å². The molecule has 110 valence electrons. The van der Waals surface area contributed by atoms with Crippen LogP contribution in [-0.2, 0) is 0 Å². The number of nitrogens with one attached hydrogen (secondary N) is 1. The minimum absolute atomic E-state index is 0.195. The third-order valence-corrected chi connectivity index (χ3v) is 4.97. The molecule has 2 aromatic rings. The maximum atomic E-state index is 13.5. The van der Waals surface area contributed by atoms with E-state index in [0.717, 1.165) is 19.5 Å². The summed E-state index contributed by atoms with van der Waals surface area (Å²) >= 11 is 3.31. The number of aryl methyl sites for hydroxylation is 1. The lowest BCUT2D eigenvalue weighted by molar-refractivity contribution is 0.403. The molecular weight excluding hydrogens is 329 g/mol. The predicted octanol–water partition coefficient (Wildman–Crippen LogP) is 4.76. The molecule has 0 bridgehead atoms. The van der Waals surface area contributed by atoms with E-state index in [2.05, 4.69) is 52.4 Å². The summed E-state index contributed by atoms with van der Waals surface area (Å²) in [6, 6.07) is 14.2. The van der Waals surface area contributed by atoms with Gasteiger partial charge in [0, 0.05) is 12.5 Å². The van der Waals surface area contributed by atoms with Crippen molar-refractivity contribution in [2.24, 2.45) is 0 Å². The van der Waals surface area contributed by atoms with Crippen LogP contribution in [0.15, 0.2) is 46.9 Å². The highest BCUT2D eigenvalue weighted by atomic mass is 79.9. The summed E-state index contributed by atoms with van der Waals surface area (Å²) in [7, 11) is 0. The average Bonchev–Trinajstić information content (AvgIpc) is 2.51. The zero-order valence-corrected chi connectivity index (χ0v) is 13.7. The van der Waals surface area contributed by atoms with Crippen LogP contribution < -0.4 is 5.32 Å². The summed E-state index contributed by atoms with van der Waals surface area (Å²) in [6.07, 6.45) is 1.08. The van der Waals surface area contributed by atoms with Crippen LogP contribution >= 0.6 is 15.9 Å². The van der Waals surface area contributed by atoms with Gasteiger partial charge in [0.05, 0.1) is 4.47 Å². The van der Waals surface area contributed by atoms with Crippen LogP contribution in [0.2, 0.25) is 0 Å². The van der Waals surface area contributed by atoms with Gasteiger partial charge in [-0.1, -0.05) is 35.9 Å². The lowest BCUT2D eigenvalue weighted by Gasteiger charge is -2.33. The van der Waals surface area contributed by atoms with Crippen molar-refractivity contribution >= 4 is 15.9 Å². The Balaban J connectivity index is 1.94. The van der Waals surface area contributed by atoms with E-state index < -0.39 is 0 Å². The lowest BCUT2D eigenvalue weighted by atomic mass is 9.77. The molecule has 2 aromatic carbocycles. The van der Waals surface area contributed by atoms with Crippen LogP contribution in [0.5, 0.6) is 0 Å². The lowest BCUT2D eigenvalue weighted by Crippen LogP contribution is -2.34. The molecule has 21 heavy (non-hydrogen) atoms. The van der Waals surface area contributed by atoms with Crippen LogP contribution in [0, 0.1) is 12.7 Å². The number of halogens is 2. The van der Waals surface area contributed by atoms with E-state index >= 15 is 0 Å². The molecule has 0 aromatic heterocycles. The zero-order chi connectivity index (χ0) is 14.8. The van der Waals surface area contributed by atoms with Crippen molar-refractivity contribution in [3.8, 4) is 0 Å². The van der Waals surface area contributed by atoms with E-state index in [9.17, 15) is 4.39 Å². The van der Waals surface area contributed by atoms with E-state index in [1.807, 2.05) is 12.1 Å². The Morgan fingerprint density at radius 3 is 2.48 bits per heavy atom. The normalized spacial score (nSPS) is 22.2. The van der Waals surface area contributed by atoms with Crippen LogP contribution in [0.25, 0.3) is 0 Å². The Bertz CT molecular complexity index is 624. The van der Waals surface area contributed by atoms with Gasteiger partial charge in [0.2, 0.25) is 0 Å². The van der Waals surface area contributed by atoms with E-state index in [4.69, 9.17) is 0 Å². The summed E-state index contributed by atoms with van der Waals surface area (Å²) in [5.74, 6) is 0.683. The standard InChI is InChI=1S/C18H19BrFN/c1-12-2-4-13(5-3-12)16-11-21-9-8-15(16)14-6-7-18(20)17(19)10-14/h2-7,10,15-16,21H,8-9,11H2,1H3. The van der Waals surface area contributed by atoms with Crippen molar-refractivity contribution in [3.05, 3.63) is 69.4 Å². The maximum absolute atomic E-state index is 13.5. The van der Waals surface area contributed by atoms with Gasteiger partial charge in [0.25, 0.3) is 0 Å². The Labute approximate surface area is 133 Å². The maximum Gasteiger partial charge on any atom is 0.137 e. The van der Waals surface area contributed by atoms with Crippen molar-refractivity contribution < 1.29 is 4.39 Å². The zero-order valence-electron chi connectivity index (χ0n) is 12.1. The minimum atomic E-state index is -0.195. The fourth-order valence-electron chi connectivity index (χ4n) is 3.16. The molecule has 0 amide bonds. The molecule has 1 fully saturated rings. The summed E-state index contributed by atoms with van der Waals surface area (Å²) in [5, 5.41) is 3.49. The summed E-state index contributed by atoms with van der Waals surface area (Å²) in [6.45, 7) is 4.10. The first kappa shape index (κ1) is 14.7. The second-order valence-electron chi connectivity index (χ2n) is 5.79. The van der Waals surface area contributed by atoms with Gasteiger partial charge in [-0.15, -0.1) is 0 Å². The van der Waals surface area contributed by atoms with Crippen LogP contribution in [0.4, 0.5) is 4.39 Å². The molecule has 1 aliphatic heterocycles. The Hall–Kier alpha value is -1.19. The van der Waals surface area contributed by atoms with Gasteiger partial charge < -0.3 is 5.32 Å². The van der Waals surface area contributed by atoms with Crippen molar-refractivity contribution in [2.45, 2.75) is 25.2 Å². The molecule has 2 atom stereocenters. The Kier molecular flexibility index (Phi) is 4.41. The van der Waals surface area contributed by atoms with Crippen LogP contribution in [0.3, 0.4) is 0 Å². The highest BCUT2D eigenvalue weighted by Crippen LogP contribution is 2.38. The van der Waals surface area contributed by atoms with Gasteiger partial charge in [-0.2, -0.15) is 0 Å². The van der Waals surface area contributed by atoms with Gasteiger partial charge in [0.1, 0.15) is 5.82 Å². The third-order valence-electron chi connectivity index (χ3n) is 4.36. The summed E-state index contributed by atoms with van der Waals surface area (Å²) < 4.78 is 14.0. The summed E-state index contributed by atoms with van der Waals surface area (Å²) in [4.78, 5) is 0. The quantitative estimate of drug-likeness (QED) is 0.825. The molecule has 1 N–H and O–H groups in total. The second kappa shape index (κ2) is 6.29. The SMILES string of the molecule is Cc1ccc(C2CNCCC2c2ccc(F)c(Br)c2)cc1. The largest absolute Gasteiger partial charge is 0.316 e. The van der Waals surface area contributed by atoms with Crippen LogP contribution in [-0.4, -0.2) is 13.1 Å². The van der Waals surface area contributed by atoms with Gasteiger partial charge in [-0.3, -0.25) is 0 Å². The molecule has 1 heterocycles. The van der Waals surface area contributed by atoms with Gasteiger partial charge in [-0.25, -0.2) is 4.39 Å². The van der Waals surface area contributed by atoms with E-state index in [1.165, 1.54) is 16.7 Å². The summed E-state index contributed by atoms with van der Waals surface area (Å²) in [5.41, 5.74) is 3.86. The molecule has 0 spiro atoms. The van der Waals surface area contributed by atoms with Gasteiger partial charge in [-0.05, 0) is 65.0 Å². The third kappa shape index (κ3) is 3.19. The second-order valence-corrected chi connectivity index (χ2v) is 6.64. The van der Waals surface area contributed by atoms with E-state index in [0.29, 0.717) is 16.3 Å². The van der Waals surface area contributed by atoms with Crippen molar-refractivity contribution in [1.82, 2.24) is 5.32 Å². The molecule has 1 aliphatic rings. The predicted molar refractivity (Wildman–Crippen MR) is 88.2 cm³/mol. The Morgan fingerprint density at radius 1 is 1.05 bits per heavy atom. The fourth-order valence-corrected chi connectivity index (χ4v) is 3.56. The first-order valence-electron chi connectivity index (χ1n) is 7.37. The molecule has 2 unspecified atom stereocenters. The molecule has 0 aliphatic carbocycles. The van der Waals surface area contributed by atoms with Crippen molar-refractivity contribution in [2.75, 3.05) is 13.1 Å². The van der Waals surface area contributed by atoms with Gasteiger partial charge in [0.15, 0.2) is 0 Å². The molecule has 3 heteroatoms. The van der Waals surface area contributed by atoms with Crippen molar-refractivity contribution in [3.63, 3.8) is 0 Å². The fraction of sp³-hybridized carbons (Fsp3) is 0.333. The number of hydrogen-bond donors (Lipinski definition) is 1. The van der Waals surface area contributed by atoms with E-state index in [1.54, 1.807) is 6.07 Å². The molecule has 0 saturated carbocycles. The number of piperidine rings is 1. The Morgan fingerprint density at radius 2 is 1.76 bits per heavy atom. The molecule has 1 saturated heterocycles. The monoisotopic (exact) mass is 347 g/mol. The molecule has 1 nitrogen and oxygen atoms in total. The number of rotatable bonds is 2. The number of benzene rings is 2. The highest BCUT2D eigenvalue weighted by Gasteiger charge is 2.28. The smallest absolute Gasteiger partial charge is 0.137 e. The topological polar surface area (TPSA) is 12.0 Å². The molecular formula is C18H19BrFN. The number of hydrogen-bond acceptors (Lipinski definition) is 1. The minimum Gasteiger partial charge on any atom is -0.316 e. The molecule has 3 rings (SSSR count). The molecule has 0 radical (unpaired) electrons. The highest BCUT2D eigenvalue weighted by molar-refractivity contribution is 9.10. The van der Waals surface area contributed by atoms with Crippen molar-refractivity contribution in [1.29, 1.82) is 0 Å². The first-order valence-corrected chi connectivity index (χ1v) is 8.16. The van der Waals surface area contributed by atoms with Gasteiger partial charge >= 0.3 is 0 Å². The first-order chi connectivity index (χ1) is 10.1.